The highest BCUT2D eigenvalue weighted by Gasteiger charge is 2.08. The molecule has 17 heavy (non-hydrogen) atoms. The number of hydrogen-bond acceptors (Lipinski definition) is 2. The van der Waals surface area contributed by atoms with Crippen molar-refractivity contribution in [3.63, 3.8) is 0 Å². The first-order valence-electron chi connectivity index (χ1n) is 5.35. The van der Waals surface area contributed by atoms with E-state index in [1.807, 2.05) is 38.1 Å². The SMILES string of the molecule is Cc1ccc(C)n1-c1ccc(S(C)(=O)=O)cc1. The third-order valence-electron chi connectivity index (χ3n) is 2.79. The second-order valence-electron chi connectivity index (χ2n) is 4.22. The van der Waals surface area contributed by atoms with Crippen molar-refractivity contribution in [2.24, 2.45) is 0 Å². The maximum Gasteiger partial charge on any atom is 0.175 e. The van der Waals surface area contributed by atoms with E-state index in [0.717, 1.165) is 17.1 Å². The highest BCUT2D eigenvalue weighted by atomic mass is 32.2. The van der Waals surface area contributed by atoms with Gasteiger partial charge in [0.25, 0.3) is 0 Å². The Kier molecular flexibility index (Phi) is 2.83. The molecule has 0 fully saturated rings. The Morgan fingerprint density at radius 1 is 0.882 bits per heavy atom. The van der Waals surface area contributed by atoms with Crippen molar-refractivity contribution in [3.05, 3.63) is 47.8 Å². The lowest BCUT2D eigenvalue weighted by Gasteiger charge is -2.09. The number of benzene rings is 1. The molecule has 90 valence electrons. The third kappa shape index (κ3) is 2.26. The summed E-state index contributed by atoms with van der Waals surface area (Å²) in [5, 5.41) is 0. The molecule has 0 spiro atoms. The second kappa shape index (κ2) is 4.04. The van der Waals surface area contributed by atoms with Crippen LogP contribution in [-0.4, -0.2) is 19.2 Å². The van der Waals surface area contributed by atoms with Gasteiger partial charge in [-0.25, -0.2) is 8.42 Å². The smallest absolute Gasteiger partial charge is 0.175 e. The van der Waals surface area contributed by atoms with Crippen LogP contribution in [0.15, 0.2) is 41.3 Å². The van der Waals surface area contributed by atoms with Gasteiger partial charge < -0.3 is 4.57 Å². The normalized spacial score (nSPS) is 11.7. The van der Waals surface area contributed by atoms with E-state index in [0.29, 0.717) is 4.90 Å². The molecule has 4 heteroatoms. The molecule has 0 saturated heterocycles. The Morgan fingerprint density at radius 2 is 1.35 bits per heavy atom. The summed E-state index contributed by atoms with van der Waals surface area (Å²) in [5.74, 6) is 0. The Balaban J connectivity index is 2.50. The molecule has 2 rings (SSSR count). The van der Waals surface area contributed by atoms with Gasteiger partial charge in [0.2, 0.25) is 0 Å². The summed E-state index contributed by atoms with van der Waals surface area (Å²) in [4.78, 5) is 0.351. The number of hydrogen-bond donors (Lipinski definition) is 0. The maximum atomic E-state index is 11.4. The lowest BCUT2D eigenvalue weighted by Crippen LogP contribution is -2.01. The number of sulfone groups is 1. The summed E-state index contributed by atoms with van der Waals surface area (Å²) < 4.78 is 24.8. The van der Waals surface area contributed by atoms with Gasteiger partial charge in [0.05, 0.1) is 4.90 Å². The molecule has 0 aliphatic carbocycles. The van der Waals surface area contributed by atoms with Crippen molar-refractivity contribution in [2.45, 2.75) is 18.7 Å². The fourth-order valence-electron chi connectivity index (χ4n) is 1.92. The van der Waals surface area contributed by atoms with Crippen LogP contribution >= 0.6 is 0 Å². The van der Waals surface area contributed by atoms with Crippen LogP contribution in [0.25, 0.3) is 5.69 Å². The molecule has 0 saturated carbocycles. The molecule has 0 unspecified atom stereocenters. The van der Waals surface area contributed by atoms with Gasteiger partial charge >= 0.3 is 0 Å². The van der Waals surface area contributed by atoms with Crippen LogP contribution < -0.4 is 0 Å². The van der Waals surface area contributed by atoms with E-state index in [1.165, 1.54) is 6.26 Å². The van der Waals surface area contributed by atoms with Crippen LogP contribution in [0.2, 0.25) is 0 Å². The number of rotatable bonds is 2. The first-order chi connectivity index (χ1) is 7.89. The zero-order chi connectivity index (χ0) is 12.6. The predicted octanol–water partition coefficient (Wildman–Crippen LogP) is 2.50. The first kappa shape index (κ1) is 11.9. The van der Waals surface area contributed by atoms with Crippen LogP contribution in [0, 0.1) is 13.8 Å². The van der Waals surface area contributed by atoms with Gasteiger partial charge in [-0.05, 0) is 50.2 Å². The van der Waals surface area contributed by atoms with Crippen LogP contribution in [-0.2, 0) is 9.84 Å². The first-order valence-corrected chi connectivity index (χ1v) is 7.24. The van der Waals surface area contributed by atoms with Gasteiger partial charge in [-0.1, -0.05) is 0 Å². The predicted molar refractivity (Wildman–Crippen MR) is 68.4 cm³/mol. The minimum Gasteiger partial charge on any atom is -0.319 e. The topological polar surface area (TPSA) is 39.1 Å². The summed E-state index contributed by atoms with van der Waals surface area (Å²) in [7, 11) is -3.12. The molecule has 1 aromatic carbocycles. The molecule has 2 aromatic rings. The lowest BCUT2D eigenvalue weighted by molar-refractivity contribution is 0.602. The molecule has 0 amide bonds. The van der Waals surface area contributed by atoms with Crippen molar-refractivity contribution in [1.82, 2.24) is 4.57 Å². The number of nitrogens with zero attached hydrogens (tertiary/aromatic N) is 1. The highest BCUT2D eigenvalue weighted by Crippen LogP contribution is 2.18. The number of aryl methyl sites for hydroxylation is 2. The van der Waals surface area contributed by atoms with Crippen molar-refractivity contribution < 1.29 is 8.42 Å². The van der Waals surface area contributed by atoms with Crippen LogP contribution in [0.1, 0.15) is 11.4 Å². The third-order valence-corrected chi connectivity index (χ3v) is 3.92. The average molecular weight is 249 g/mol. The molecule has 0 bridgehead atoms. The molecule has 0 aliphatic rings. The molecule has 0 radical (unpaired) electrons. The van der Waals surface area contributed by atoms with Gasteiger partial charge in [0.1, 0.15) is 0 Å². The molecule has 1 heterocycles. The van der Waals surface area contributed by atoms with E-state index in [-0.39, 0.29) is 0 Å². The minimum atomic E-state index is -3.12. The van der Waals surface area contributed by atoms with E-state index in [1.54, 1.807) is 12.1 Å². The van der Waals surface area contributed by atoms with Crippen molar-refractivity contribution in [1.29, 1.82) is 0 Å². The van der Waals surface area contributed by atoms with Crippen molar-refractivity contribution in [2.75, 3.05) is 6.26 Å². The molecule has 0 aliphatic heterocycles. The van der Waals surface area contributed by atoms with Gasteiger partial charge in [0.15, 0.2) is 9.84 Å². The Bertz CT molecular complexity index is 617. The van der Waals surface area contributed by atoms with Gasteiger partial charge in [0, 0.05) is 23.3 Å². The zero-order valence-electron chi connectivity index (χ0n) is 10.1. The molecule has 0 atom stereocenters. The second-order valence-corrected chi connectivity index (χ2v) is 6.23. The molecule has 0 N–H and O–H groups in total. The van der Waals surface area contributed by atoms with Crippen LogP contribution in [0.3, 0.4) is 0 Å². The Labute approximate surface area is 102 Å². The van der Waals surface area contributed by atoms with Crippen molar-refractivity contribution in [3.8, 4) is 5.69 Å². The molecule has 3 nitrogen and oxygen atoms in total. The van der Waals surface area contributed by atoms with E-state index in [2.05, 4.69) is 4.57 Å². The van der Waals surface area contributed by atoms with Gasteiger partial charge in [-0.2, -0.15) is 0 Å². The molecular formula is C13H15NO2S. The van der Waals surface area contributed by atoms with Gasteiger partial charge in [-0.15, -0.1) is 0 Å². The van der Waals surface area contributed by atoms with E-state index < -0.39 is 9.84 Å². The molecule has 1 aromatic heterocycles. The monoisotopic (exact) mass is 249 g/mol. The lowest BCUT2D eigenvalue weighted by atomic mass is 10.3. The summed E-state index contributed by atoms with van der Waals surface area (Å²) in [6.07, 6.45) is 1.22. The Hall–Kier alpha value is -1.55. The Morgan fingerprint density at radius 3 is 1.76 bits per heavy atom. The largest absolute Gasteiger partial charge is 0.319 e. The van der Waals surface area contributed by atoms with Crippen LogP contribution in [0.5, 0.6) is 0 Å². The fraction of sp³-hybridized carbons (Fsp3) is 0.231. The average Bonchev–Trinajstić information content (AvgIpc) is 2.58. The van der Waals surface area contributed by atoms with E-state index in [9.17, 15) is 8.42 Å². The van der Waals surface area contributed by atoms with Crippen LogP contribution in [0.4, 0.5) is 0 Å². The maximum absolute atomic E-state index is 11.4. The van der Waals surface area contributed by atoms with E-state index in [4.69, 9.17) is 0 Å². The zero-order valence-corrected chi connectivity index (χ0v) is 11.0. The quantitative estimate of drug-likeness (QED) is 0.820. The summed E-state index contributed by atoms with van der Waals surface area (Å²) in [5.41, 5.74) is 3.25. The molecular weight excluding hydrogens is 234 g/mol. The summed E-state index contributed by atoms with van der Waals surface area (Å²) >= 11 is 0. The van der Waals surface area contributed by atoms with Gasteiger partial charge in [-0.3, -0.25) is 0 Å². The summed E-state index contributed by atoms with van der Waals surface area (Å²) in [6.45, 7) is 4.05. The van der Waals surface area contributed by atoms with E-state index >= 15 is 0 Å². The summed E-state index contributed by atoms with van der Waals surface area (Å²) in [6, 6.07) is 11.0. The minimum absolute atomic E-state index is 0.351. The highest BCUT2D eigenvalue weighted by molar-refractivity contribution is 7.90. The van der Waals surface area contributed by atoms with Crippen molar-refractivity contribution >= 4 is 9.84 Å². The number of aromatic nitrogens is 1. The fourth-order valence-corrected chi connectivity index (χ4v) is 2.55. The standard InChI is InChI=1S/C13H15NO2S/c1-10-4-5-11(2)14(10)12-6-8-13(9-7-12)17(3,15)16/h4-9H,1-3H3.